The number of aromatic nitrogens is 2. The number of aliphatic hydroxyl groups is 2. The second-order valence-electron chi connectivity index (χ2n) is 2.96. The molecule has 1 unspecified atom stereocenters. The first-order chi connectivity index (χ1) is 7.58. The van der Waals surface area contributed by atoms with Crippen LogP contribution in [-0.4, -0.2) is 39.1 Å². The van der Waals surface area contributed by atoms with Gasteiger partial charge in [0.25, 0.3) is 6.48 Å². The number of nitrogens with two attached hydrogens (primary N) is 1. The first-order valence-corrected chi connectivity index (χ1v) is 4.44. The van der Waals surface area contributed by atoms with Crippen molar-refractivity contribution in [2.45, 2.75) is 12.6 Å². The van der Waals surface area contributed by atoms with Crippen LogP contribution in [0.25, 0.3) is 0 Å². The molecule has 0 amide bonds. The maximum Gasteiger partial charge on any atom is 0.353 e. The van der Waals surface area contributed by atoms with Gasteiger partial charge in [0.05, 0.1) is 13.2 Å². The van der Waals surface area contributed by atoms with Gasteiger partial charge in [-0.1, -0.05) is 0 Å². The fourth-order valence-corrected chi connectivity index (χ4v) is 0.949. The molecular weight excluding hydrogens is 221 g/mol. The highest BCUT2D eigenvalue weighted by Crippen LogP contribution is 2.10. The lowest BCUT2D eigenvalue weighted by Gasteiger charge is -2.17. The van der Waals surface area contributed by atoms with Gasteiger partial charge in [-0.15, -0.1) is 0 Å². The Bertz CT molecular complexity index is 393. The van der Waals surface area contributed by atoms with Crippen molar-refractivity contribution < 1.29 is 19.3 Å². The van der Waals surface area contributed by atoms with Gasteiger partial charge in [0, 0.05) is 6.20 Å². The summed E-state index contributed by atoms with van der Waals surface area (Å²) in [6.45, 7) is -3.26. The Morgan fingerprint density at radius 2 is 2.19 bits per heavy atom. The minimum absolute atomic E-state index is 0.0330. The van der Waals surface area contributed by atoms with Crippen LogP contribution in [0.1, 0.15) is 6.48 Å². The van der Waals surface area contributed by atoms with E-state index in [4.69, 9.17) is 15.9 Å². The van der Waals surface area contributed by atoms with Crippen molar-refractivity contribution in [1.29, 1.82) is 0 Å². The summed E-state index contributed by atoms with van der Waals surface area (Å²) < 4.78 is 18.5. The van der Waals surface area contributed by atoms with Crippen molar-refractivity contribution in [2.24, 2.45) is 0 Å². The Morgan fingerprint density at radius 1 is 1.56 bits per heavy atom. The Kier molecular flexibility index (Phi) is 4.35. The third kappa shape index (κ3) is 2.99. The largest absolute Gasteiger partial charge is 0.394 e. The highest BCUT2D eigenvalue weighted by Gasteiger charge is 2.17. The summed E-state index contributed by atoms with van der Waals surface area (Å²) in [6, 6.07) is 1.23. The van der Waals surface area contributed by atoms with Crippen LogP contribution in [0.15, 0.2) is 17.1 Å². The summed E-state index contributed by atoms with van der Waals surface area (Å²) >= 11 is 0. The standard InChI is InChI=1S/C8H12FN3O4/c9-7(16-5(3-13)4-14)12-2-1-6(10)11-8(12)15/h1-2,5,7,13-14H,3-4H2,(H2,10,11,15). The molecular formula is C8H12FN3O4. The minimum atomic E-state index is -2.13. The molecule has 0 saturated heterocycles. The van der Waals surface area contributed by atoms with Crippen LogP contribution in [0.2, 0.25) is 0 Å². The van der Waals surface area contributed by atoms with Crippen LogP contribution in [-0.2, 0) is 4.74 Å². The fraction of sp³-hybridized carbons (Fsp3) is 0.500. The first kappa shape index (κ1) is 12.6. The summed E-state index contributed by atoms with van der Waals surface area (Å²) in [5.74, 6) is -0.0330. The molecule has 0 aliphatic carbocycles. The number of nitrogens with zero attached hydrogens (tertiary/aromatic N) is 2. The van der Waals surface area contributed by atoms with Gasteiger partial charge < -0.3 is 20.7 Å². The Labute approximate surface area is 89.9 Å². The molecule has 0 aromatic carbocycles. The monoisotopic (exact) mass is 233 g/mol. The number of hydrogen-bond donors (Lipinski definition) is 3. The van der Waals surface area contributed by atoms with Crippen LogP contribution in [0.5, 0.6) is 0 Å². The van der Waals surface area contributed by atoms with Gasteiger partial charge in [0.15, 0.2) is 0 Å². The molecule has 90 valence electrons. The topological polar surface area (TPSA) is 111 Å². The summed E-state index contributed by atoms with van der Waals surface area (Å²) in [6.07, 6.45) is -0.0272. The molecule has 0 saturated carbocycles. The molecule has 4 N–H and O–H groups in total. The normalized spacial score (nSPS) is 13.0. The van der Waals surface area contributed by atoms with Gasteiger partial charge in [-0.25, -0.2) is 9.36 Å². The van der Waals surface area contributed by atoms with E-state index >= 15 is 0 Å². The molecule has 1 atom stereocenters. The highest BCUT2D eigenvalue weighted by atomic mass is 19.1. The van der Waals surface area contributed by atoms with Crippen molar-refractivity contribution in [1.82, 2.24) is 9.55 Å². The molecule has 8 heteroatoms. The van der Waals surface area contributed by atoms with Gasteiger partial charge in [-0.3, -0.25) is 0 Å². The quantitative estimate of drug-likeness (QED) is 0.578. The molecule has 0 radical (unpaired) electrons. The molecule has 16 heavy (non-hydrogen) atoms. The molecule has 0 spiro atoms. The third-order valence-electron chi connectivity index (χ3n) is 1.78. The summed E-state index contributed by atoms with van der Waals surface area (Å²) in [5.41, 5.74) is 4.30. The average molecular weight is 233 g/mol. The smallest absolute Gasteiger partial charge is 0.353 e. The molecule has 0 aliphatic heterocycles. The second-order valence-corrected chi connectivity index (χ2v) is 2.96. The number of halogens is 1. The number of anilines is 1. The van der Waals surface area contributed by atoms with Crippen molar-refractivity contribution in [2.75, 3.05) is 18.9 Å². The van der Waals surface area contributed by atoms with Crippen LogP contribution in [0, 0.1) is 0 Å². The first-order valence-electron chi connectivity index (χ1n) is 4.44. The lowest BCUT2D eigenvalue weighted by molar-refractivity contribution is -0.158. The second kappa shape index (κ2) is 5.54. The van der Waals surface area contributed by atoms with E-state index in [9.17, 15) is 9.18 Å². The number of hydrogen-bond acceptors (Lipinski definition) is 6. The molecule has 0 bridgehead atoms. The van der Waals surface area contributed by atoms with E-state index in [1.807, 2.05) is 0 Å². The average Bonchev–Trinajstić information content (AvgIpc) is 2.25. The summed E-state index contributed by atoms with van der Waals surface area (Å²) in [5, 5.41) is 17.3. The summed E-state index contributed by atoms with van der Waals surface area (Å²) in [7, 11) is 0. The lowest BCUT2D eigenvalue weighted by atomic mass is 10.4. The van der Waals surface area contributed by atoms with Gasteiger partial charge in [0.2, 0.25) is 0 Å². The zero-order valence-electron chi connectivity index (χ0n) is 8.28. The Morgan fingerprint density at radius 3 is 2.69 bits per heavy atom. The van der Waals surface area contributed by atoms with Crippen LogP contribution in [0.3, 0.4) is 0 Å². The predicted octanol–water partition coefficient (Wildman–Crippen LogP) is -1.38. The SMILES string of the molecule is Nc1ccn(C(F)OC(CO)CO)c(=O)n1. The predicted molar refractivity (Wildman–Crippen MR) is 52.1 cm³/mol. The maximum absolute atomic E-state index is 13.4. The van der Waals surface area contributed by atoms with Gasteiger partial charge in [0.1, 0.15) is 11.9 Å². The summed E-state index contributed by atoms with van der Waals surface area (Å²) in [4.78, 5) is 14.5. The van der Waals surface area contributed by atoms with Crippen molar-refractivity contribution in [3.63, 3.8) is 0 Å². The van der Waals surface area contributed by atoms with Gasteiger partial charge >= 0.3 is 5.69 Å². The van der Waals surface area contributed by atoms with E-state index in [1.54, 1.807) is 0 Å². The van der Waals surface area contributed by atoms with Crippen LogP contribution < -0.4 is 11.4 Å². The number of ether oxygens (including phenoxy) is 1. The van der Waals surface area contributed by atoms with E-state index in [1.165, 1.54) is 6.07 Å². The Hall–Kier alpha value is -1.51. The van der Waals surface area contributed by atoms with E-state index in [-0.39, 0.29) is 5.82 Å². The van der Waals surface area contributed by atoms with E-state index in [0.29, 0.717) is 4.57 Å². The number of rotatable bonds is 5. The van der Waals surface area contributed by atoms with Crippen LogP contribution >= 0.6 is 0 Å². The van der Waals surface area contributed by atoms with Crippen molar-refractivity contribution in [3.8, 4) is 0 Å². The zero-order chi connectivity index (χ0) is 12.1. The number of aliphatic hydroxyl groups excluding tert-OH is 2. The minimum Gasteiger partial charge on any atom is -0.394 e. The number of alkyl halides is 1. The fourth-order valence-electron chi connectivity index (χ4n) is 0.949. The van der Waals surface area contributed by atoms with Crippen molar-refractivity contribution in [3.05, 3.63) is 22.7 Å². The molecule has 1 aromatic rings. The molecule has 1 heterocycles. The molecule has 0 fully saturated rings. The maximum atomic E-state index is 13.4. The third-order valence-corrected chi connectivity index (χ3v) is 1.78. The number of nitrogen functional groups attached to an aromatic ring is 1. The molecule has 0 aliphatic rings. The van der Waals surface area contributed by atoms with Crippen LogP contribution in [0.4, 0.5) is 10.2 Å². The Balaban J connectivity index is 2.80. The van der Waals surface area contributed by atoms with E-state index in [2.05, 4.69) is 9.72 Å². The van der Waals surface area contributed by atoms with Gasteiger partial charge in [-0.05, 0) is 6.07 Å². The lowest BCUT2D eigenvalue weighted by Crippen LogP contribution is -2.31. The molecule has 1 aromatic heterocycles. The van der Waals surface area contributed by atoms with E-state index < -0.39 is 31.5 Å². The molecule has 1 rings (SSSR count). The van der Waals surface area contributed by atoms with E-state index in [0.717, 1.165) is 6.20 Å². The molecule has 7 nitrogen and oxygen atoms in total. The van der Waals surface area contributed by atoms with Crippen molar-refractivity contribution >= 4 is 5.82 Å². The zero-order valence-corrected chi connectivity index (χ0v) is 8.28. The highest BCUT2D eigenvalue weighted by molar-refractivity contribution is 5.23. The van der Waals surface area contributed by atoms with Gasteiger partial charge in [-0.2, -0.15) is 9.37 Å².